The van der Waals surface area contributed by atoms with Crippen LogP contribution in [0.3, 0.4) is 0 Å². The lowest BCUT2D eigenvalue weighted by atomic mass is 9.93. The number of benzene rings is 1. The monoisotopic (exact) mass is 496 g/mol. The SMILES string of the molecule is CC1C(=O)N(CCCC(=O)N2CCC3(CC2)CC3)CCN1C(=O)Nc1cccc(OC(F)(F)F)c1. The molecule has 8 nitrogen and oxygen atoms in total. The van der Waals surface area contributed by atoms with E-state index in [1.807, 2.05) is 4.90 Å². The minimum absolute atomic E-state index is 0.127. The van der Waals surface area contributed by atoms with Crippen LogP contribution in [-0.4, -0.2) is 77.7 Å². The highest BCUT2D eigenvalue weighted by molar-refractivity contribution is 5.94. The first-order chi connectivity index (χ1) is 16.6. The minimum Gasteiger partial charge on any atom is -0.406 e. The van der Waals surface area contributed by atoms with E-state index in [4.69, 9.17) is 0 Å². The van der Waals surface area contributed by atoms with Crippen LogP contribution in [-0.2, 0) is 9.59 Å². The molecule has 0 bridgehead atoms. The van der Waals surface area contributed by atoms with Gasteiger partial charge in [-0.05, 0) is 56.6 Å². The summed E-state index contributed by atoms with van der Waals surface area (Å²) in [5, 5.41) is 2.53. The number of piperidine rings is 1. The second kappa shape index (κ2) is 9.94. The average Bonchev–Trinajstić information content (AvgIpc) is 3.54. The number of amides is 4. The summed E-state index contributed by atoms with van der Waals surface area (Å²) in [6, 6.07) is 3.66. The Labute approximate surface area is 202 Å². The molecule has 1 aromatic carbocycles. The molecule has 1 spiro atoms. The summed E-state index contributed by atoms with van der Waals surface area (Å²) in [7, 11) is 0. The fourth-order valence-corrected chi connectivity index (χ4v) is 4.88. The smallest absolute Gasteiger partial charge is 0.406 e. The first-order valence-corrected chi connectivity index (χ1v) is 12.1. The first-order valence-electron chi connectivity index (χ1n) is 12.1. The number of carbonyl (C=O) groups is 3. The number of carbonyl (C=O) groups excluding carboxylic acids is 3. The van der Waals surface area contributed by atoms with E-state index in [-0.39, 0.29) is 24.0 Å². The van der Waals surface area contributed by atoms with E-state index in [0.717, 1.165) is 38.1 Å². The van der Waals surface area contributed by atoms with Gasteiger partial charge in [0.2, 0.25) is 11.8 Å². The number of nitrogens with one attached hydrogen (secondary N) is 1. The van der Waals surface area contributed by atoms with Crippen molar-refractivity contribution in [3.63, 3.8) is 0 Å². The summed E-state index contributed by atoms with van der Waals surface area (Å²) in [5.41, 5.74) is 0.646. The van der Waals surface area contributed by atoms with Crippen LogP contribution in [0.15, 0.2) is 24.3 Å². The Kier molecular flexibility index (Phi) is 7.14. The van der Waals surface area contributed by atoms with E-state index in [9.17, 15) is 27.6 Å². The molecule has 4 rings (SSSR count). The van der Waals surface area contributed by atoms with Crippen molar-refractivity contribution in [1.29, 1.82) is 0 Å². The van der Waals surface area contributed by atoms with E-state index in [2.05, 4.69) is 10.1 Å². The molecule has 2 heterocycles. The summed E-state index contributed by atoms with van der Waals surface area (Å²) in [4.78, 5) is 43.0. The number of likely N-dealkylation sites (tertiary alicyclic amines) is 1. The predicted octanol–water partition coefficient (Wildman–Crippen LogP) is 3.83. The van der Waals surface area contributed by atoms with Gasteiger partial charge in [-0.15, -0.1) is 13.2 Å². The van der Waals surface area contributed by atoms with Gasteiger partial charge in [-0.1, -0.05) is 6.07 Å². The Bertz CT molecular complexity index is 956. The van der Waals surface area contributed by atoms with Gasteiger partial charge in [-0.25, -0.2) is 4.79 Å². The van der Waals surface area contributed by atoms with Gasteiger partial charge >= 0.3 is 12.4 Å². The lowest BCUT2D eigenvalue weighted by Gasteiger charge is -2.39. The topological polar surface area (TPSA) is 82.2 Å². The highest BCUT2D eigenvalue weighted by Gasteiger charge is 2.45. The van der Waals surface area contributed by atoms with Crippen molar-refractivity contribution in [2.75, 3.05) is 38.0 Å². The quantitative estimate of drug-likeness (QED) is 0.649. The Morgan fingerprint density at radius 2 is 1.83 bits per heavy atom. The third-order valence-corrected chi connectivity index (χ3v) is 7.28. The molecular formula is C24H31F3N4O4. The molecule has 11 heteroatoms. The highest BCUT2D eigenvalue weighted by atomic mass is 19.4. The molecule has 2 aliphatic heterocycles. The zero-order valence-electron chi connectivity index (χ0n) is 19.8. The van der Waals surface area contributed by atoms with Crippen molar-refractivity contribution in [1.82, 2.24) is 14.7 Å². The van der Waals surface area contributed by atoms with E-state index < -0.39 is 24.2 Å². The van der Waals surface area contributed by atoms with Crippen LogP contribution in [0.25, 0.3) is 0 Å². The number of anilines is 1. The number of alkyl halides is 3. The largest absolute Gasteiger partial charge is 0.573 e. The summed E-state index contributed by atoms with van der Waals surface area (Å²) < 4.78 is 41.2. The number of urea groups is 1. The fourth-order valence-electron chi connectivity index (χ4n) is 4.88. The molecule has 192 valence electrons. The van der Waals surface area contributed by atoms with Crippen LogP contribution in [0.2, 0.25) is 0 Å². The summed E-state index contributed by atoms with van der Waals surface area (Å²) in [6.45, 7) is 4.32. The number of hydrogen-bond donors (Lipinski definition) is 1. The summed E-state index contributed by atoms with van der Waals surface area (Å²) >= 11 is 0. The zero-order chi connectivity index (χ0) is 25.2. The van der Waals surface area contributed by atoms with Crippen molar-refractivity contribution in [2.24, 2.45) is 5.41 Å². The van der Waals surface area contributed by atoms with E-state index in [0.29, 0.717) is 31.3 Å². The molecule has 4 amide bonds. The third kappa shape index (κ3) is 6.37. The molecule has 1 saturated carbocycles. The molecule has 1 unspecified atom stereocenters. The molecule has 1 atom stereocenters. The lowest BCUT2D eigenvalue weighted by molar-refractivity contribution is -0.274. The van der Waals surface area contributed by atoms with Crippen molar-refractivity contribution < 1.29 is 32.3 Å². The van der Waals surface area contributed by atoms with Crippen LogP contribution in [0.5, 0.6) is 5.75 Å². The zero-order valence-corrected chi connectivity index (χ0v) is 19.8. The first kappa shape index (κ1) is 25.1. The second-order valence-electron chi connectivity index (χ2n) is 9.68. The van der Waals surface area contributed by atoms with E-state index in [1.165, 1.54) is 29.9 Å². The molecular weight excluding hydrogens is 465 g/mol. The standard InChI is InChI=1S/C24H31F3N4O4/c1-17-21(33)30(11-3-6-20(32)29-12-9-23(7-8-23)10-13-29)14-15-31(17)22(34)28-18-4-2-5-19(16-18)35-24(25,26)27/h2,4-5,16-17H,3,6-15H2,1H3,(H,28,34). The van der Waals surface area contributed by atoms with E-state index in [1.54, 1.807) is 11.8 Å². The third-order valence-electron chi connectivity index (χ3n) is 7.28. The molecule has 1 N–H and O–H groups in total. The number of ether oxygens (including phenoxy) is 1. The lowest BCUT2D eigenvalue weighted by Crippen LogP contribution is -2.58. The van der Waals surface area contributed by atoms with E-state index >= 15 is 0 Å². The maximum Gasteiger partial charge on any atom is 0.573 e. The Balaban J connectivity index is 1.22. The van der Waals surface area contributed by atoms with Crippen LogP contribution in [0.1, 0.15) is 45.4 Å². The maximum absolute atomic E-state index is 12.8. The highest BCUT2D eigenvalue weighted by Crippen LogP contribution is 2.53. The van der Waals surface area contributed by atoms with Crippen molar-refractivity contribution >= 4 is 23.5 Å². The number of piperazine rings is 1. The molecule has 0 radical (unpaired) electrons. The average molecular weight is 497 g/mol. The van der Waals surface area contributed by atoms with Crippen LogP contribution in [0, 0.1) is 5.41 Å². The maximum atomic E-state index is 12.8. The second-order valence-corrected chi connectivity index (χ2v) is 9.68. The van der Waals surface area contributed by atoms with Gasteiger partial charge in [-0.3, -0.25) is 9.59 Å². The van der Waals surface area contributed by atoms with Gasteiger partial charge in [0.05, 0.1) is 0 Å². The van der Waals surface area contributed by atoms with Gasteiger partial charge in [0.25, 0.3) is 0 Å². The molecule has 3 fully saturated rings. The minimum atomic E-state index is -4.84. The van der Waals surface area contributed by atoms with Gasteiger partial charge in [0, 0.05) is 50.9 Å². The Hall–Kier alpha value is -2.98. The van der Waals surface area contributed by atoms with Crippen molar-refractivity contribution in [2.45, 2.75) is 57.9 Å². The van der Waals surface area contributed by atoms with Gasteiger partial charge in [0.15, 0.2) is 0 Å². The molecule has 2 saturated heterocycles. The van der Waals surface area contributed by atoms with Gasteiger partial charge < -0.3 is 24.8 Å². The van der Waals surface area contributed by atoms with Crippen LogP contribution >= 0.6 is 0 Å². The Morgan fingerprint density at radius 3 is 2.49 bits per heavy atom. The van der Waals surface area contributed by atoms with Crippen LogP contribution < -0.4 is 10.1 Å². The number of hydrogen-bond acceptors (Lipinski definition) is 4. The van der Waals surface area contributed by atoms with Crippen molar-refractivity contribution in [3.05, 3.63) is 24.3 Å². The summed E-state index contributed by atoms with van der Waals surface area (Å²) in [6.07, 6.45) is 0.897. The molecule has 3 aliphatic rings. The molecule has 35 heavy (non-hydrogen) atoms. The number of halogens is 3. The molecule has 1 aromatic rings. The van der Waals surface area contributed by atoms with Gasteiger partial charge in [-0.2, -0.15) is 0 Å². The van der Waals surface area contributed by atoms with Gasteiger partial charge in [0.1, 0.15) is 11.8 Å². The predicted molar refractivity (Wildman–Crippen MR) is 122 cm³/mol. The van der Waals surface area contributed by atoms with Crippen LogP contribution in [0.4, 0.5) is 23.7 Å². The number of rotatable bonds is 6. The summed E-state index contributed by atoms with van der Waals surface area (Å²) in [5.74, 6) is -0.534. The Morgan fingerprint density at radius 1 is 1.11 bits per heavy atom. The number of nitrogens with zero attached hydrogens (tertiary/aromatic N) is 3. The van der Waals surface area contributed by atoms with Crippen molar-refractivity contribution in [3.8, 4) is 5.75 Å². The molecule has 0 aromatic heterocycles. The normalized spacial score (nSPS) is 21.8. The fraction of sp³-hybridized carbons (Fsp3) is 0.625. The molecule has 1 aliphatic carbocycles.